The smallest absolute Gasteiger partial charge is 0.256 e. The van der Waals surface area contributed by atoms with E-state index in [4.69, 9.17) is 4.74 Å². The van der Waals surface area contributed by atoms with Crippen molar-refractivity contribution < 1.29 is 18.7 Å². The summed E-state index contributed by atoms with van der Waals surface area (Å²) in [5, 5.41) is 6.73. The van der Waals surface area contributed by atoms with Gasteiger partial charge in [-0.3, -0.25) is 9.59 Å². The molecule has 3 saturated heterocycles. The Labute approximate surface area is 286 Å². The highest BCUT2D eigenvalue weighted by Gasteiger charge is 2.59. The minimum Gasteiger partial charge on any atom is -0.371 e. The zero-order valence-corrected chi connectivity index (χ0v) is 28.8. The lowest BCUT2D eigenvalue weighted by Crippen LogP contribution is -2.73. The molecule has 9 heteroatoms. The molecular weight excluding hydrogens is 605 g/mol. The van der Waals surface area contributed by atoms with E-state index in [-0.39, 0.29) is 41.9 Å². The number of likely N-dealkylation sites (tertiary alicyclic amines) is 1. The number of nitrogens with zero attached hydrogens (tertiary/aromatic N) is 3. The molecule has 1 aromatic carbocycles. The fourth-order valence-corrected chi connectivity index (χ4v) is 10.8. The number of morpholine rings is 1. The maximum atomic E-state index is 16.5. The lowest BCUT2D eigenvalue weighted by atomic mass is 9.65. The zero-order chi connectivity index (χ0) is 32.8. The number of para-hydroxylation sites is 1. The predicted molar refractivity (Wildman–Crippen MR) is 185 cm³/mol. The third kappa shape index (κ3) is 6.21. The number of rotatable bonds is 8. The highest BCUT2D eigenvalue weighted by Crippen LogP contribution is 2.50. The fourth-order valence-electron chi connectivity index (χ4n) is 10.8. The minimum atomic E-state index is -1.24. The van der Waals surface area contributed by atoms with Crippen LogP contribution in [0.25, 0.3) is 0 Å². The van der Waals surface area contributed by atoms with Gasteiger partial charge in [0.2, 0.25) is 0 Å². The van der Waals surface area contributed by atoms with Crippen molar-refractivity contribution in [3.05, 3.63) is 41.6 Å². The Bertz CT molecular complexity index is 1370. The summed E-state index contributed by atoms with van der Waals surface area (Å²) >= 11 is 0. The van der Waals surface area contributed by atoms with Crippen molar-refractivity contribution in [1.29, 1.82) is 0 Å². The van der Waals surface area contributed by atoms with Crippen LogP contribution in [-0.2, 0) is 20.9 Å². The molecule has 1 aromatic rings. The van der Waals surface area contributed by atoms with E-state index >= 15 is 4.39 Å². The standard InChI is InChI=1S/C39H56FN5O3/c1-43-17-9-13-28(43)15-16-41-39(47)30-24-45-33-20-25-10-3-4-11-26(25)21-34(33)48-38-35(31(40)22-29(36(38)45)37(30)46)42-23-27-12-5-6-14-32(27)44-18-7-2-8-19-44/h5-6,12,14,24-26,28-29,31,33-36,38,42H,2-4,7-11,13,15-23H2,1H3,(H,41,47). The van der Waals surface area contributed by atoms with Crippen LogP contribution in [0.4, 0.5) is 10.1 Å². The Morgan fingerprint density at radius 1 is 0.958 bits per heavy atom. The van der Waals surface area contributed by atoms with Crippen molar-refractivity contribution in [1.82, 2.24) is 20.4 Å². The molecule has 1 amide bonds. The van der Waals surface area contributed by atoms with Crippen LogP contribution in [0, 0.1) is 17.8 Å². The third-order valence-electron chi connectivity index (χ3n) is 13.4. The Balaban J connectivity index is 1.05. The van der Waals surface area contributed by atoms with Gasteiger partial charge in [0.15, 0.2) is 5.78 Å². The highest BCUT2D eigenvalue weighted by atomic mass is 19.1. The number of benzene rings is 1. The number of halogens is 1. The first-order valence-electron chi connectivity index (χ1n) is 19.3. The van der Waals surface area contributed by atoms with E-state index in [0.717, 1.165) is 45.3 Å². The van der Waals surface area contributed by atoms with Gasteiger partial charge in [0.05, 0.1) is 35.9 Å². The molecule has 3 aliphatic carbocycles. The number of Topliss-reactive ketones (excluding diaryl/α,β-unsaturated/α-hetero) is 1. The second kappa shape index (κ2) is 14.0. The van der Waals surface area contributed by atoms with E-state index in [9.17, 15) is 9.59 Å². The molecule has 3 saturated carbocycles. The molecule has 6 fully saturated rings. The van der Waals surface area contributed by atoms with Gasteiger partial charge >= 0.3 is 0 Å². The van der Waals surface area contributed by atoms with Gasteiger partial charge in [-0.05, 0) is 94.8 Å². The zero-order valence-electron chi connectivity index (χ0n) is 28.8. The van der Waals surface area contributed by atoms with Crippen LogP contribution < -0.4 is 15.5 Å². The van der Waals surface area contributed by atoms with Gasteiger partial charge in [-0.1, -0.05) is 43.9 Å². The second-order valence-electron chi connectivity index (χ2n) is 16.1. The molecular formula is C39H56FN5O3. The van der Waals surface area contributed by atoms with Crippen molar-refractivity contribution in [3.63, 3.8) is 0 Å². The molecule has 4 aliphatic heterocycles. The number of alkyl halides is 1. The van der Waals surface area contributed by atoms with Crippen molar-refractivity contribution in [3.8, 4) is 0 Å². The van der Waals surface area contributed by atoms with Crippen LogP contribution in [0.5, 0.6) is 0 Å². The van der Waals surface area contributed by atoms with E-state index in [2.05, 4.69) is 56.6 Å². The predicted octanol–water partition coefficient (Wildman–Crippen LogP) is 4.97. The summed E-state index contributed by atoms with van der Waals surface area (Å²) < 4.78 is 23.6. The molecule has 0 bridgehead atoms. The number of ether oxygens (including phenoxy) is 1. The second-order valence-corrected chi connectivity index (χ2v) is 16.1. The number of piperidine rings is 1. The van der Waals surface area contributed by atoms with Crippen molar-refractivity contribution in [2.75, 3.05) is 38.1 Å². The molecule has 8 nitrogen and oxygen atoms in total. The summed E-state index contributed by atoms with van der Waals surface area (Å²) in [6, 6.07) is 8.34. The van der Waals surface area contributed by atoms with Crippen LogP contribution in [0.15, 0.2) is 36.0 Å². The Hall–Kier alpha value is -2.49. The van der Waals surface area contributed by atoms with Gasteiger partial charge in [0.25, 0.3) is 5.91 Å². The van der Waals surface area contributed by atoms with Gasteiger partial charge < -0.3 is 30.1 Å². The van der Waals surface area contributed by atoms with E-state index in [1.807, 2.05) is 6.20 Å². The van der Waals surface area contributed by atoms with Crippen molar-refractivity contribution in [2.45, 2.75) is 133 Å². The van der Waals surface area contributed by atoms with E-state index in [1.54, 1.807) is 0 Å². The minimum absolute atomic E-state index is 0.0202. The van der Waals surface area contributed by atoms with Gasteiger partial charge in [-0.2, -0.15) is 0 Å². The Kier molecular flexibility index (Phi) is 9.55. The Morgan fingerprint density at radius 3 is 2.54 bits per heavy atom. The molecule has 4 heterocycles. The maximum Gasteiger partial charge on any atom is 0.256 e. The SMILES string of the molecule is CN1CCCC1CCNC(=O)C1=CN2C3CC4CCCCC4CC3OC3C(NCc4ccccc4N4CCCCC4)C(F)CC(C1=O)C32. The number of ketones is 1. The number of hydrogen-bond donors (Lipinski definition) is 2. The van der Waals surface area contributed by atoms with Crippen LogP contribution >= 0.6 is 0 Å². The first-order valence-corrected chi connectivity index (χ1v) is 19.3. The van der Waals surface area contributed by atoms with Crippen molar-refractivity contribution in [2.24, 2.45) is 17.8 Å². The van der Waals surface area contributed by atoms with E-state index < -0.39 is 24.2 Å². The number of carbonyl (C=O) groups is 2. The van der Waals surface area contributed by atoms with Gasteiger partial charge in [-0.15, -0.1) is 0 Å². The largest absolute Gasteiger partial charge is 0.371 e. The molecule has 10 unspecified atom stereocenters. The number of carbonyl (C=O) groups excluding carboxylic acids is 2. The molecule has 7 aliphatic rings. The molecule has 0 aromatic heterocycles. The maximum absolute atomic E-state index is 16.5. The number of hydrogen-bond acceptors (Lipinski definition) is 7. The van der Waals surface area contributed by atoms with Crippen LogP contribution in [0.3, 0.4) is 0 Å². The van der Waals surface area contributed by atoms with Gasteiger partial charge in [-0.25, -0.2) is 4.39 Å². The molecule has 8 rings (SSSR count). The average molecular weight is 662 g/mol. The summed E-state index contributed by atoms with van der Waals surface area (Å²) in [5.41, 5.74) is 2.64. The third-order valence-corrected chi connectivity index (χ3v) is 13.4. The number of fused-ring (bicyclic) bond motifs is 3. The highest BCUT2D eigenvalue weighted by molar-refractivity contribution is 6.20. The topological polar surface area (TPSA) is 77.2 Å². The quantitative estimate of drug-likeness (QED) is 0.382. The van der Waals surface area contributed by atoms with E-state index in [1.165, 1.54) is 62.6 Å². The van der Waals surface area contributed by atoms with Crippen LogP contribution in [0.1, 0.15) is 89.0 Å². The number of amides is 1. The van der Waals surface area contributed by atoms with Crippen LogP contribution in [0.2, 0.25) is 0 Å². The first kappa shape index (κ1) is 32.7. The van der Waals surface area contributed by atoms with Gasteiger partial charge in [0.1, 0.15) is 6.17 Å². The van der Waals surface area contributed by atoms with Crippen molar-refractivity contribution >= 4 is 17.4 Å². The first-order chi connectivity index (χ1) is 23.5. The summed E-state index contributed by atoms with van der Waals surface area (Å²) in [7, 11) is 2.14. The normalized spacial score (nSPS) is 38.1. The molecule has 48 heavy (non-hydrogen) atoms. The average Bonchev–Trinajstić information content (AvgIpc) is 3.52. The summed E-state index contributed by atoms with van der Waals surface area (Å²) in [5.74, 6) is 0.215. The van der Waals surface area contributed by atoms with E-state index in [0.29, 0.717) is 31.0 Å². The summed E-state index contributed by atoms with van der Waals surface area (Å²) in [4.78, 5) is 35.0. The lowest BCUT2D eigenvalue weighted by Gasteiger charge is -2.61. The monoisotopic (exact) mass is 661 g/mol. The molecule has 2 N–H and O–H groups in total. The molecule has 262 valence electrons. The lowest BCUT2D eigenvalue weighted by molar-refractivity contribution is -0.208. The molecule has 10 atom stereocenters. The number of anilines is 1. The van der Waals surface area contributed by atoms with Crippen LogP contribution in [-0.4, -0.2) is 97.3 Å². The number of nitrogens with one attached hydrogen (secondary N) is 2. The summed E-state index contributed by atoms with van der Waals surface area (Å²) in [6.07, 6.45) is 14.2. The molecule has 0 spiro atoms. The Morgan fingerprint density at radius 2 is 1.75 bits per heavy atom. The van der Waals surface area contributed by atoms with Gasteiger partial charge in [0, 0.05) is 50.0 Å². The summed E-state index contributed by atoms with van der Waals surface area (Å²) in [6.45, 7) is 4.32. The molecule has 0 radical (unpaired) electrons. The fraction of sp³-hybridized carbons (Fsp3) is 0.744.